The minimum atomic E-state index is -0.555. The van der Waals surface area contributed by atoms with Gasteiger partial charge in [-0.15, -0.1) is 0 Å². The molecule has 2 unspecified atom stereocenters. The number of benzene rings is 2. The molecule has 5 heteroatoms. The van der Waals surface area contributed by atoms with Crippen molar-refractivity contribution in [3.63, 3.8) is 0 Å². The molecule has 156 valence electrons. The Hall–Kier alpha value is -2.53. The van der Waals surface area contributed by atoms with E-state index in [1.807, 2.05) is 57.1 Å². The maximum Gasteiger partial charge on any atom is 0.263 e. The van der Waals surface area contributed by atoms with Crippen LogP contribution in [0.5, 0.6) is 5.75 Å². The van der Waals surface area contributed by atoms with Gasteiger partial charge in [-0.2, -0.15) is 0 Å². The number of anilines is 1. The molecule has 2 atom stereocenters. The molecule has 1 fully saturated rings. The Bertz CT molecular complexity index is 781. The van der Waals surface area contributed by atoms with Crippen LogP contribution >= 0.6 is 0 Å². The minimum Gasteiger partial charge on any atom is -0.481 e. The first-order chi connectivity index (χ1) is 13.9. The van der Waals surface area contributed by atoms with Crippen LogP contribution in [0.4, 0.5) is 5.69 Å². The molecule has 0 aromatic heterocycles. The van der Waals surface area contributed by atoms with Gasteiger partial charge in [-0.3, -0.25) is 4.79 Å². The molecule has 29 heavy (non-hydrogen) atoms. The van der Waals surface area contributed by atoms with E-state index in [4.69, 9.17) is 9.47 Å². The SMILES string of the molecule is Cc1ccc(OC(C)C(=O)N(Cc2ccc(N(C)C)cc2)CC2CCCO2)cc1. The van der Waals surface area contributed by atoms with E-state index >= 15 is 0 Å². The molecule has 0 radical (unpaired) electrons. The van der Waals surface area contributed by atoms with Crippen molar-refractivity contribution in [3.05, 3.63) is 59.7 Å². The number of hydrogen-bond acceptors (Lipinski definition) is 4. The molecule has 5 nitrogen and oxygen atoms in total. The van der Waals surface area contributed by atoms with Crippen molar-refractivity contribution < 1.29 is 14.3 Å². The van der Waals surface area contributed by atoms with Gasteiger partial charge in [-0.1, -0.05) is 29.8 Å². The van der Waals surface area contributed by atoms with E-state index in [0.29, 0.717) is 18.8 Å². The largest absolute Gasteiger partial charge is 0.481 e. The van der Waals surface area contributed by atoms with Gasteiger partial charge in [-0.05, 0) is 56.5 Å². The average Bonchev–Trinajstić information content (AvgIpc) is 3.22. The zero-order valence-electron chi connectivity index (χ0n) is 17.9. The Morgan fingerprint density at radius 2 is 1.83 bits per heavy atom. The second-order valence-electron chi connectivity index (χ2n) is 7.99. The van der Waals surface area contributed by atoms with Crippen molar-refractivity contribution in [2.45, 2.75) is 45.4 Å². The lowest BCUT2D eigenvalue weighted by atomic mass is 10.1. The third kappa shape index (κ3) is 5.97. The normalized spacial score (nSPS) is 17.0. The highest BCUT2D eigenvalue weighted by molar-refractivity contribution is 5.81. The zero-order chi connectivity index (χ0) is 20.8. The van der Waals surface area contributed by atoms with Crippen LogP contribution < -0.4 is 9.64 Å². The lowest BCUT2D eigenvalue weighted by molar-refractivity contribution is -0.140. The highest BCUT2D eigenvalue weighted by Gasteiger charge is 2.27. The summed E-state index contributed by atoms with van der Waals surface area (Å²) >= 11 is 0. The molecule has 0 N–H and O–H groups in total. The van der Waals surface area contributed by atoms with E-state index < -0.39 is 6.10 Å². The highest BCUT2D eigenvalue weighted by atomic mass is 16.5. The first kappa shape index (κ1) is 21.2. The number of rotatable bonds is 8. The van der Waals surface area contributed by atoms with Gasteiger partial charge in [0.15, 0.2) is 6.10 Å². The van der Waals surface area contributed by atoms with Crippen molar-refractivity contribution in [1.29, 1.82) is 0 Å². The van der Waals surface area contributed by atoms with Crippen LogP contribution in [0.3, 0.4) is 0 Å². The molecule has 2 aromatic carbocycles. The summed E-state index contributed by atoms with van der Waals surface area (Å²) in [5.41, 5.74) is 3.41. The molecule has 2 aromatic rings. The maximum absolute atomic E-state index is 13.2. The Kier molecular flexibility index (Phi) is 7.15. The summed E-state index contributed by atoms with van der Waals surface area (Å²) in [6.07, 6.45) is 1.60. The third-order valence-electron chi connectivity index (χ3n) is 5.27. The van der Waals surface area contributed by atoms with Crippen LogP contribution in [0.25, 0.3) is 0 Å². The van der Waals surface area contributed by atoms with Crippen LogP contribution in [0.15, 0.2) is 48.5 Å². The van der Waals surface area contributed by atoms with Crippen LogP contribution in [0, 0.1) is 6.92 Å². The van der Waals surface area contributed by atoms with Gasteiger partial charge in [0, 0.05) is 39.5 Å². The van der Waals surface area contributed by atoms with Crippen molar-refractivity contribution in [3.8, 4) is 5.75 Å². The van der Waals surface area contributed by atoms with Gasteiger partial charge in [0.2, 0.25) is 0 Å². The second-order valence-corrected chi connectivity index (χ2v) is 7.99. The van der Waals surface area contributed by atoms with Crippen molar-refractivity contribution >= 4 is 11.6 Å². The van der Waals surface area contributed by atoms with Gasteiger partial charge in [0.1, 0.15) is 5.75 Å². The van der Waals surface area contributed by atoms with Crippen LogP contribution in [-0.4, -0.2) is 50.3 Å². The Balaban J connectivity index is 1.70. The van der Waals surface area contributed by atoms with E-state index in [1.165, 1.54) is 0 Å². The fourth-order valence-electron chi connectivity index (χ4n) is 3.51. The first-order valence-corrected chi connectivity index (χ1v) is 10.3. The van der Waals surface area contributed by atoms with E-state index in [9.17, 15) is 4.79 Å². The second kappa shape index (κ2) is 9.79. The standard InChI is InChI=1S/C24H32N2O3/c1-18-7-13-22(14-8-18)29-19(2)24(27)26(17-23-6-5-15-28-23)16-20-9-11-21(12-10-20)25(3)4/h7-14,19,23H,5-6,15-17H2,1-4H3. The fourth-order valence-corrected chi connectivity index (χ4v) is 3.51. The first-order valence-electron chi connectivity index (χ1n) is 10.3. The Labute approximate surface area is 174 Å². The molecule has 1 amide bonds. The predicted molar refractivity (Wildman–Crippen MR) is 116 cm³/mol. The van der Waals surface area contributed by atoms with E-state index in [0.717, 1.165) is 36.3 Å². The lowest BCUT2D eigenvalue weighted by Crippen LogP contribution is -2.43. The molecule has 1 aliphatic heterocycles. The summed E-state index contributed by atoms with van der Waals surface area (Å²) in [4.78, 5) is 17.2. The number of ether oxygens (including phenoxy) is 2. The quantitative estimate of drug-likeness (QED) is 0.675. The van der Waals surface area contributed by atoms with Gasteiger partial charge >= 0.3 is 0 Å². The summed E-state index contributed by atoms with van der Waals surface area (Å²) in [6.45, 7) is 5.77. The lowest BCUT2D eigenvalue weighted by Gasteiger charge is -2.28. The molecule has 0 spiro atoms. The van der Waals surface area contributed by atoms with Gasteiger partial charge in [0.05, 0.1) is 6.10 Å². The summed E-state index contributed by atoms with van der Waals surface area (Å²) in [6, 6.07) is 16.1. The maximum atomic E-state index is 13.2. The molecule has 1 heterocycles. The van der Waals surface area contributed by atoms with Gasteiger partial charge < -0.3 is 19.3 Å². The summed E-state index contributed by atoms with van der Waals surface area (Å²) in [7, 11) is 4.04. The van der Waals surface area contributed by atoms with Crippen LogP contribution in [0.1, 0.15) is 30.9 Å². The number of hydrogen-bond donors (Lipinski definition) is 0. The molecular formula is C24H32N2O3. The van der Waals surface area contributed by atoms with E-state index in [-0.39, 0.29) is 12.0 Å². The summed E-state index contributed by atoms with van der Waals surface area (Å²) in [5.74, 6) is 0.696. The number of nitrogens with zero attached hydrogens (tertiary/aromatic N) is 2. The smallest absolute Gasteiger partial charge is 0.263 e. The zero-order valence-corrected chi connectivity index (χ0v) is 17.9. The molecule has 1 aliphatic rings. The number of carbonyl (C=O) groups excluding carboxylic acids is 1. The van der Waals surface area contributed by atoms with Crippen LogP contribution in [-0.2, 0) is 16.1 Å². The number of carbonyl (C=O) groups is 1. The molecule has 0 aliphatic carbocycles. The summed E-state index contributed by atoms with van der Waals surface area (Å²) in [5, 5.41) is 0. The molecule has 3 rings (SSSR count). The van der Waals surface area contributed by atoms with E-state index in [2.05, 4.69) is 29.2 Å². The topological polar surface area (TPSA) is 42.0 Å². The van der Waals surface area contributed by atoms with Crippen molar-refractivity contribution in [1.82, 2.24) is 4.90 Å². The Morgan fingerprint density at radius 1 is 1.14 bits per heavy atom. The monoisotopic (exact) mass is 396 g/mol. The van der Waals surface area contributed by atoms with Crippen LogP contribution in [0.2, 0.25) is 0 Å². The number of aryl methyl sites for hydroxylation is 1. The summed E-state index contributed by atoms with van der Waals surface area (Å²) < 4.78 is 11.7. The Morgan fingerprint density at radius 3 is 2.41 bits per heavy atom. The molecule has 0 saturated carbocycles. The molecular weight excluding hydrogens is 364 g/mol. The van der Waals surface area contributed by atoms with E-state index in [1.54, 1.807) is 0 Å². The van der Waals surface area contributed by atoms with Crippen molar-refractivity contribution in [2.75, 3.05) is 32.1 Å². The highest BCUT2D eigenvalue weighted by Crippen LogP contribution is 2.20. The molecule has 0 bridgehead atoms. The molecule has 1 saturated heterocycles. The predicted octanol–water partition coefficient (Wildman–Crippen LogP) is 4.04. The number of amides is 1. The average molecular weight is 397 g/mol. The third-order valence-corrected chi connectivity index (χ3v) is 5.27. The fraction of sp³-hybridized carbons (Fsp3) is 0.458. The minimum absolute atomic E-state index is 0.0160. The van der Waals surface area contributed by atoms with Gasteiger partial charge in [0.25, 0.3) is 5.91 Å². The van der Waals surface area contributed by atoms with Gasteiger partial charge in [-0.25, -0.2) is 0 Å². The van der Waals surface area contributed by atoms with Crippen molar-refractivity contribution in [2.24, 2.45) is 0 Å².